The van der Waals surface area contributed by atoms with E-state index in [0.29, 0.717) is 11.1 Å². The fraction of sp³-hybridized carbons (Fsp3) is 0.448. The number of rotatable bonds is 10. The smallest absolute Gasteiger partial charge is 0.254 e. The van der Waals surface area contributed by atoms with Crippen LogP contribution in [-0.2, 0) is 6.54 Å². The Morgan fingerprint density at radius 1 is 1.09 bits per heavy atom. The highest BCUT2D eigenvalue weighted by Crippen LogP contribution is 2.23. The van der Waals surface area contributed by atoms with Crippen LogP contribution in [-0.4, -0.2) is 47.2 Å². The van der Waals surface area contributed by atoms with Crippen LogP contribution in [0.4, 0.5) is 0 Å². The molecule has 0 saturated carbocycles. The van der Waals surface area contributed by atoms with Crippen molar-refractivity contribution in [1.82, 2.24) is 9.80 Å². The first-order chi connectivity index (χ1) is 15.9. The number of carbonyl (C=O) groups excluding carboxylic acids is 2. The van der Waals surface area contributed by atoms with E-state index in [0.717, 1.165) is 25.2 Å². The van der Waals surface area contributed by atoms with Crippen LogP contribution in [0.25, 0.3) is 0 Å². The fourth-order valence-corrected chi connectivity index (χ4v) is 4.02. The van der Waals surface area contributed by atoms with Gasteiger partial charge < -0.3 is 4.90 Å². The summed E-state index contributed by atoms with van der Waals surface area (Å²) >= 11 is 1.49. The van der Waals surface area contributed by atoms with Gasteiger partial charge in [-0.05, 0) is 70.3 Å². The number of Topliss-reactive ketones (excluding diaryl/α,β-unsaturated/α-hetero) is 1. The van der Waals surface area contributed by atoms with E-state index < -0.39 is 5.54 Å². The standard InChI is InChI=1S/C29H38N2O2S/c1-8-31(17-11-9-10-16-28(2,3)4)21-23-13-12-14-24(19-23)26(32)20-29(5,6)30(7)27(33)25-15-18-34-22-25/h9,11-15,18-19,22H,8,17,20-21H2,1-7H3. The molecule has 0 aliphatic carbocycles. The van der Waals surface area contributed by atoms with E-state index in [-0.39, 0.29) is 23.5 Å². The minimum atomic E-state index is -0.597. The van der Waals surface area contributed by atoms with Crippen LogP contribution in [0.5, 0.6) is 0 Å². The number of benzene rings is 1. The van der Waals surface area contributed by atoms with Crippen LogP contribution < -0.4 is 0 Å². The van der Waals surface area contributed by atoms with Crippen LogP contribution in [0.2, 0.25) is 0 Å². The lowest BCUT2D eigenvalue weighted by Gasteiger charge is -2.35. The van der Waals surface area contributed by atoms with Gasteiger partial charge >= 0.3 is 0 Å². The van der Waals surface area contributed by atoms with Gasteiger partial charge in [-0.2, -0.15) is 11.3 Å². The van der Waals surface area contributed by atoms with E-state index >= 15 is 0 Å². The first-order valence-corrected chi connectivity index (χ1v) is 12.7. The number of ketones is 1. The third-order valence-electron chi connectivity index (χ3n) is 5.69. The van der Waals surface area contributed by atoms with Crippen molar-refractivity contribution < 1.29 is 9.59 Å². The molecule has 5 heteroatoms. The highest BCUT2D eigenvalue weighted by atomic mass is 32.1. The average molecular weight is 479 g/mol. The number of hydrogen-bond donors (Lipinski definition) is 0. The normalized spacial score (nSPS) is 12.0. The van der Waals surface area contributed by atoms with E-state index in [1.54, 1.807) is 11.9 Å². The summed E-state index contributed by atoms with van der Waals surface area (Å²) in [5.41, 5.74) is 1.85. The van der Waals surface area contributed by atoms with Crippen LogP contribution in [0.3, 0.4) is 0 Å². The van der Waals surface area contributed by atoms with Gasteiger partial charge in [0.15, 0.2) is 5.78 Å². The first kappa shape index (κ1) is 27.6. The quantitative estimate of drug-likeness (QED) is 0.297. The molecule has 2 rings (SSSR count). The summed E-state index contributed by atoms with van der Waals surface area (Å²) in [6.45, 7) is 14.8. The molecule has 0 unspecified atom stereocenters. The Kier molecular flexibility index (Phi) is 9.85. The largest absolute Gasteiger partial charge is 0.336 e. The predicted molar refractivity (Wildman–Crippen MR) is 143 cm³/mol. The predicted octanol–water partition coefficient (Wildman–Crippen LogP) is 6.30. The van der Waals surface area contributed by atoms with Gasteiger partial charge in [-0.15, -0.1) is 0 Å². The molecule has 1 aromatic heterocycles. The summed E-state index contributed by atoms with van der Waals surface area (Å²) in [5, 5.41) is 3.73. The van der Waals surface area contributed by atoms with Crippen molar-refractivity contribution in [3.05, 3.63) is 69.9 Å². The van der Waals surface area contributed by atoms with E-state index in [1.807, 2.05) is 54.9 Å². The van der Waals surface area contributed by atoms with Crippen molar-refractivity contribution in [2.75, 3.05) is 20.1 Å². The second-order valence-corrected chi connectivity index (χ2v) is 11.0. The van der Waals surface area contributed by atoms with Crippen molar-refractivity contribution in [1.29, 1.82) is 0 Å². The van der Waals surface area contributed by atoms with Crippen molar-refractivity contribution in [2.45, 2.75) is 60.0 Å². The summed E-state index contributed by atoms with van der Waals surface area (Å²) < 4.78 is 0. The SMILES string of the molecule is CCN(CC=CC#CC(C)(C)C)Cc1cccc(C(=O)CC(C)(C)N(C)C(=O)c2ccsc2)c1. The lowest BCUT2D eigenvalue weighted by atomic mass is 9.91. The maximum atomic E-state index is 13.1. The first-order valence-electron chi connectivity index (χ1n) is 11.8. The molecule has 34 heavy (non-hydrogen) atoms. The highest BCUT2D eigenvalue weighted by Gasteiger charge is 2.31. The van der Waals surface area contributed by atoms with Crippen molar-refractivity contribution in [3.63, 3.8) is 0 Å². The van der Waals surface area contributed by atoms with Crippen LogP contribution >= 0.6 is 11.3 Å². The lowest BCUT2D eigenvalue weighted by Crippen LogP contribution is -2.46. The average Bonchev–Trinajstić information content (AvgIpc) is 3.31. The van der Waals surface area contributed by atoms with Crippen LogP contribution in [0, 0.1) is 17.3 Å². The molecule has 1 aromatic carbocycles. The van der Waals surface area contributed by atoms with Gasteiger partial charge in [0.25, 0.3) is 5.91 Å². The van der Waals surface area contributed by atoms with Crippen molar-refractivity contribution >= 4 is 23.0 Å². The fourth-order valence-electron chi connectivity index (χ4n) is 3.39. The van der Waals surface area contributed by atoms with Crippen molar-refractivity contribution in [2.24, 2.45) is 5.41 Å². The number of allylic oxidation sites excluding steroid dienone is 1. The minimum Gasteiger partial charge on any atom is -0.336 e. The molecule has 0 radical (unpaired) electrons. The van der Waals surface area contributed by atoms with Gasteiger partial charge in [0.1, 0.15) is 0 Å². The zero-order valence-electron chi connectivity index (χ0n) is 21.6. The minimum absolute atomic E-state index is 0.00230. The molecule has 0 aliphatic rings. The lowest BCUT2D eigenvalue weighted by molar-refractivity contribution is 0.0593. The monoisotopic (exact) mass is 478 g/mol. The molecule has 0 bridgehead atoms. The van der Waals surface area contributed by atoms with Gasteiger partial charge in [0.05, 0.1) is 5.56 Å². The number of likely N-dealkylation sites (N-methyl/N-ethyl adjacent to an activating group) is 1. The Hall–Kier alpha value is -2.68. The third-order valence-corrected chi connectivity index (χ3v) is 6.37. The Labute approximate surface area is 209 Å². The van der Waals surface area contributed by atoms with Crippen molar-refractivity contribution in [3.8, 4) is 11.8 Å². The van der Waals surface area contributed by atoms with E-state index in [9.17, 15) is 9.59 Å². The molecule has 4 nitrogen and oxygen atoms in total. The van der Waals surface area contributed by atoms with Crippen LogP contribution in [0.1, 0.15) is 74.2 Å². The molecule has 182 valence electrons. The molecule has 2 aromatic rings. The maximum Gasteiger partial charge on any atom is 0.254 e. The number of carbonyl (C=O) groups is 2. The molecule has 0 fully saturated rings. The Morgan fingerprint density at radius 2 is 1.82 bits per heavy atom. The molecule has 0 atom stereocenters. The molecule has 0 aliphatic heterocycles. The summed E-state index contributed by atoms with van der Waals surface area (Å²) in [6, 6.07) is 9.65. The van der Waals surface area contributed by atoms with Gasteiger partial charge in [-0.1, -0.05) is 43.0 Å². The number of thiophene rings is 1. The Balaban J connectivity index is 2.02. The second-order valence-electron chi connectivity index (χ2n) is 10.2. The molecule has 0 N–H and O–H groups in total. The molecule has 0 spiro atoms. The summed E-state index contributed by atoms with van der Waals surface area (Å²) in [5.74, 6) is 6.29. The number of nitrogens with zero attached hydrogens (tertiary/aromatic N) is 2. The summed E-state index contributed by atoms with van der Waals surface area (Å²) in [6.07, 6.45) is 4.26. The molecule has 0 saturated heterocycles. The zero-order chi connectivity index (χ0) is 25.4. The Bertz CT molecular complexity index is 1050. The topological polar surface area (TPSA) is 40.6 Å². The van der Waals surface area contributed by atoms with E-state index in [2.05, 4.69) is 56.6 Å². The van der Waals surface area contributed by atoms with Crippen LogP contribution in [0.15, 0.2) is 53.2 Å². The third kappa shape index (κ3) is 8.59. The summed E-state index contributed by atoms with van der Waals surface area (Å²) in [4.78, 5) is 29.9. The zero-order valence-corrected chi connectivity index (χ0v) is 22.5. The molecular formula is C29H38N2O2S. The van der Waals surface area contributed by atoms with Gasteiger partial charge in [-0.25, -0.2) is 0 Å². The number of hydrogen-bond acceptors (Lipinski definition) is 4. The molecule has 1 amide bonds. The number of amides is 1. The second kappa shape index (κ2) is 12.1. The Morgan fingerprint density at radius 3 is 2.44 bits per heavy atom. The molecule has 1 heterocycles. The van der Waals surface area contributed by atoms with E-state index in [1.165, 1.54) is 11.3 Å². The van der Waals surface area contributed by atoms with Gasteiger partial charge in [-0.3, -0.25) is 14.5 Å². The highest BCUT2D eigenvalue weighted by molar-refractivity contribution is 7.08. The maximum absolute atomic E-state index is 13.1. The van der Waals surface area contributed by atoms with Gasteiger partial charge in [0, 0.05) is 48.5 Å². The van der Waals surface area contributed by atoms with Gasteiger partial charge in [0.2, 0.25) is 0 Å². The van der Waals surface area contributed by atoms with E-state index in [4.69, 9.17) is 0 Å². The molecular weight excluding hydrogens is 440 g/mol. The summed E-state index contributed by atoms with van der Waals surface area (Å²) in [7, 11) is 1.77.